The number of nitrogens with zero attached hydrogens (tertiary/aromatic N) is 3. The summed E-state index contributed by atoms with van der Waals surface area (Å²) in [5.41, 5.74) is 2.64. The van der Waals surface area contributed by atoms with Crippen molar-refractivity contribution in [1.29, 1.82) is 0 Å². The van der Waals surface area contributed by atoms with E-state index in [2.05, 4.69) is 31.9 Å². The van der Waals surface area contributed by atoms with Crippen molar-refractivity contribution in [3.05, 3.63) is 86.8 Å². The Morgan fingerprint density at radius 1 is 0.593 bits per heavy atom. The Morgan fingerprint density at radius 3 is 1.59 bits per heavy atom. The minimum atomic E-state index is 0.545. The number of rotatable bonds is 3. The van der Waals surface area contributed by atoms with Gasteiger partial charge in [0.2, 0.25) is 0 Å². The van der Waals surface area contributed by atoms with Crippen LogP contribution in [0.4, 0.5) is 0 Å². The smallest absolute Gasteiger partial charge is 0.166 e. The number of hydrogen-bond donors (Lipinski definition) is 0. The summed E-state index contributed by atoms with van der Waals surface area (Å²) < 4.78 is 1.59. The van der Waals surface area contributed by atoms with E-state index in [4.69, 9.17) is 26.6 Å². The van der Waals surface area contributed by atoms with Crippen LogP contribution in [0.25, 0.3) is 34.2 Å². The van der Waals surface area contributed by atoms with Crippen molar-refractivity contribution in [1.82, 2.24) is 15.0 Å². The predicted molar refractivity (Wildman–Crippen MR) is 117 cm³/mol. The highest BCUT2D eigenvalue weighted by molar-refractivity contribution is 9.11. The highest BCUT2D eigenvalue weighted by atomic mass is 79.9. The molecule has 0 unspecified atom stereocenters. The lowest BCUT2D eigenvalue weighted by Crippen LogP contribution is -2.01. The molecule has 1 aromatic heterocycles. The van der Waals surface area contributed by atoms with Crippen LogP contribution in [0.1, 0.15) is 0 Å². The van der Waals surface area contributed by atoms with Gasteiger partial charge in [-0.25, -0.2) is 15.0 Å². The molecule has 0 aliphatic carbocycles. The van der Waals surface area contributed by atoms with Gasteiger partial charge in [-0.3, -0.25) is 0 Å². The molecular formula is C21H12Br2ClN3. The van der Waals surface area contributed by atoms with Gasteiger partial charge in [0.05, 0.1) is 5.02 Å². The molecule has 0 saturated carbocycles. The molecule has 132 valence electrons. The van der Waals surface area contributed by atoms with Gasteiger partial charge in [-0.1, -0.05) is 72.3 Å². The van der Waals surface area contributed by atoms with E-state index < -0.39 is 0 Å². The second-order valence-electron chi connectivity index (χ2n) is 5.76. The normalized spacial score (nSPS) is 10.8. The highest BCUT2D eigenvalue weighted by Gasteiger charge is 2.17. The first-order valence-electron chi connectivity index (χ1n) is 8.14. The zero-order chi connectivity index (χ0) is 18.8. The average Bonchev–Trinajstić information content (AvgIpc) is 2.72. The Bertz CT molecular complexity index is 1050. The highest BCUT2D eigenvalue weighted by Crippen LogP contribution is 2.38. The van der Waals surface area contributed by atoms with E-state index in [0.717, 1.165) is 25.6 Å². The van der Waals surface area contributed by atoms with Gasteiger partial charge in [0.1, 0.15) is 0 Å². The minimum Gasteiger partial charge on any atom is -0.208 e. The largest absolute Gasteiger partial charge is 0.208 e. The molecule has 3 aromatic carbocycles. The summed E-state index contributed by atoms with van der Waals surface area (Å²) in [6.07, 6.45) is 0. The molecule has 0 atom stereocenters. The lowest BCUT2D eigenvalue weighted by molar-refractivity contribution is 1.07. The topological polar surface area (TPSA) is 38.7 Å². The van der Waals surface area contributed by atoms with Crippen molar-refractivity contribution >= 4 is 43.5 Å². The van der Waals surface area contributed by atoms with Crippen molar-refractivity contribution in [2.45, 2.75) is 0 Å². The number of halogens is 3. The lowest BCUT2D eigenvalue weighted by Gasteiger charge is -2.11. The van der Waals surface area contributed by atoms with Crippen LogP contribution < -0.4 is 0 Å². The van der Waals surface area contributed by atoms with Crippen molar-refractivity contribution < 1.29 is 0 Å². The molecule has 6 heteroatoms. The third-order valence-corrected chi connectivity index (χ3v) is 5.99. The van der Waals surface area contributed by atoms with E-state index >= 15 is 0 Å². The molecule has 0 N–H and O–H groups in total. The third kappa shape index (κ3) is 3.81. The predicted octanol–water partition coefficient (Wildman–Crippen LogP) is 7.05. The van der Waals surface area contributed by atoms with E-state index in [1.165, 1.54) is 0 Å². The van der Waals surface area contributed by atoms with Gasteiger partial charge in [0, 0.05) is 25.6 Å². The lowest BCUT2D eigenvalue weighted by atomic mass is 10.1. The third-order valence-electron chi connectivity index (χ3n) is 3.97. The van der Waals surface area contributed by atoms with Crippen LogP contribution in [0.15, 0.2) is 81.7 Å². The fourth-order valence-corrected chi connectivity index (χ4v) is 4.11. The fraction of sp³-hybridized carbons (Fsp3) is 0. The molecule has 0 amide bonds. The maximum absolute atomic E-state index is 6.31. The second-order valence-corrected chi connectivity index (χ2v) is 7.81. The average molecular weight is 502 g/mol. The molecule has 0 aliphatic heterocycles. The SMILES string of the molecule is Clc1ccc(Br)c(-c2nc(-c3ccccc3)nc(-c3ccccc3)n2)c1Br. The molecule has 1 heterocycles. The minimum absolute atomic E-state index is 0.545. The molecule has 0 bridgehead atoms. The summed E-state index contributed by atoms with van der Waals surface area (Å²) in [5, 5.41) is 0.594. The first-order chi connectivity index (χ1) is 13.1. The molecule has 4 rings (SSSR count). The van der Waals surface area contributed by atoms with Gasteiger partial charge in [-0.15, -0.1) is 0 Å². The van der Waals surface area contributed by atoms with Gasteiger partial charge in [-0.05, 0) is 44.0 Å². The number of hydrogen-bond acceptors (Lipinski definition) is 3. The first-order valence-corrected chi connectivity index (χ1v) is 10.1. The fourth-order valence-electron chi connectivity index (χ4n) is 2.65. The summed E-state index contributed by atoms with van der Waals surface area (Å²) in [6.45, 7) is 0. The number of benzene rings is 3. The molecular weight excluding hydrogens is 490 g/mol. The Labute approximate surface area is 178 Å². The standard InChI is InChI=1S/C21H12Br2ClN3/c22-15-11-12-16(24)18(23)17(15)21-26-19(13-7-3-1-4-8-13)25-20(27-21)14-9-5-2-6-10-14/h1-12H. The van der Waals surface area contributed by atoms with E-state index in [-0.39, 0.29) is 0 Å². The summed E-state index contributed by atoms with van der Waals surface area (Å²) in [7, 11) is 0. The zero-order valence-corrected chi connectivity index (χ0v) is 17.8. The number of aromatic nitrogens is 3. The van der Waals surface area contributed by atoms with Crippen LogP contribution in [0.2, 0.25) is 5.02 Å². The maximum atomic E-state index is 6.31. The molecule has 27 heavy (non-hydrogen) atoms. The van der Waals surface area contributed by atoms with Crippen molar-refractivity contribution in [2.75, 3.05) is 0 Å². The summed E-state index contributed by atoms with van der Waals surface area (Å²) in [5.74, 6) is 1.76. The molecule has 0 saturated heterocycles. The van der Waals surface area contributed by atoms with Crippen LogP contribution in [0.3, 0.4) is 0 Å². The molecule has 3 nitrogen and oxygen atoms in total. The Morgan fingerprint density at radius 2 is 1.07 bits per heavy atom. The van der Waals surface area contributed by atoms with E-state index in [9.17, 15) is 0 Å². The van der Waals surface area contributed by atoms with Crippen molar-refractivity contribution in [3.63, 3.8) is 0 Å². The van der Waals surface area contributed by atoms with Crippen LogP contribution in [0, 0.1) is 0 Å². The molecule has 4 aromatic rings. The Hall–Kier alpha value is -2.08. The quantitative estimate of drug-likeness (QED) is 0.282. The van der Waals surface area contributed by atoms with Crippen LogP contribution in [-0.4, -0.2) is 15.0 Å². The van der Waals surface area contributed by atoms with Crippen LogP contribution in [0.5, 0.6) is 0 Å². The van der Waals surface area contributed by atoms with Gasteiger partial charge in [-0.2, -0.15) is 0 Å². The van der Waals surface area contributed by atoms with Crippen molar-refractivity contribution in [2.24, 2.45) is 0 Å². The van der Waals surface area contributed by atoms with E-state index in [0.29, 0.717) is 22.5 Å². The Balaban J connectivity index is 1.99. The summed E-state index contributed by atoms with van der Waals surface area (Å²) >= 11 is 13.5. The van der Waals surface area contributed by atoms with E-state index in [1.807, 2.05) is 72.8 Å². The van der Waals surface area contributed by atoms with Crippen LogP contribution in [-0.2, 0) is 0 Å². The Kier molecular flexibility index (Phi) is 5.34. The summed E-state index contributed by atoms with van der Waals surface area (Å²) in [6, 6.07) is 23.4. The first kappa shape index (κ1) is 18.3. The molecule has 0 aliphatic rings. The molecule has 0 fully saturated rings. The van der Waals surface area contributed by atoms with Crippen LogP contribution >= 0.6 is 43.5 Å². The molecule has 0 spiro atoms. The molecule has 0 radical (unpaired) electrons. The zero-order valence-electron chi connectivity index (χ0n) is 13.9. The second kappa shape index (κ2) is 7.89. The maximum Gasteiger partial charge on any atom is 0.166 e. The van der Waals surface area contributed by atoms with E-state index in [1.54, 1.807) is 0 Å². The van der Waals surface area contributed by atoms with Gasteiger partial charge < -0.3 is 0 Å². The van der Waals surface area contributed by atoms with Gasteiger partial charge in [0.15, 0.2) is 17.5 Å². The van der Waals surface area contributed by atoms with Gasteiger partial charge in [0.25, 0.3) is 0 Å². The van der Waals surface area contributed by atoms with Gasteiger partial charge >= 0.3 is 0 Å². The summed E-state index contributed by atoms with van der Waals surface area (Å²) in [4.78, 5) is 14.1. The monoisotopic (exact) mass is 499 g/mol. The van der Waals surface area contributed by atoms with Crippen molar-refractivity contribution in [3.8, 4) is 34.2 Å².